The third-order valence-electron chi connectivity index (χ3n) is 6.80. The van der Waals surface area contributed by atoms with Crippen LogP contribution < -0.4 is 4.90 Å². The van der Waals surface area contributed by atoms with Crippen LogP contribution in [0.25, 0.3) is 42.1 Å². The van der Waals surface area contributed by atoms with Crippen molar-refractivity contribution in [1.29, 1.82) is 0 Å². The molecule has 0 saturated carbocycles. The minimum atomic E-state index is -0.00508. The molecule has 0 spiro atoms. The fourth-order valence-corrected chi connectivity index (χ4v) is 6.62. The van der Waals surface area contributed by atoms with Crippen LogP contribution in [0.3, 0.4) is 0 Å². The van der Waals surface area contributed by atoms with Gasteiger partial charge in [-0.3, -0.25) is 0 Å². The Morgan fingerprint density at radius 2 is 1.58 bits per heavy atom. The Morgan fingerprint density at radius 1 is 0.788 bits per heavy atom. The van der Waals surface area contributed by atoms with E-state index in [-0.39, 0.29) is 5.41 Å². The van der Waals surface area contributed by atoms with Crippen LogP contribution in [0.4, 0.5) is 5.69 Å². The molecule has 0 N–H and O–H groups in total. The topological polar surface area (TPSA) is 16.4 Å². The Labute approximate surface area is 198 Å². The lowest BCUT2D eigenvalue weighted by Crippen LogP contribution is -2.20. The average Bonchev–Trinajstić information content (AvgIpc) is 3.36. The lowest BCUT2D eigenvalue weighted by atomic mass is 9.78. The largest absolute Gasteiger partial charge is 0.456 e. The molecule has 2 aromatic heterocycles. The van der Waals surface area contributed by atoms with Gasteiger partial charge in [0.1, 0.15) is 11.2 Å². The van der Waals surface area contributed by atoms with Gasteiger partial charge in [-0.25, -0.2) is 0 Å². The monoisotopic (exact) mass is 449 g/mol. The zero-order chi connectivity index (χ0) is 22.7. The van der Waals surface area contributed by atoms with E-state index in [4.69, 9.17) is 4.42 Å². The van der Waals surface area contributed by atoms with Gasteiger partial charge < -0.3 is 9.32 Å². The quantitative estimate of drug-likeness (QED) is 0.268. The minimum Gasteiger partial charge on any atom is -0.456 e. The van der Waals surface area contributed by atoms with Crippen molar-refractivity contribution < 1.29 is 4.42 Å². The van der Waals surface area contributed by atoms with Crippen LogP contribution in [-0.4, -0.2) is 14.1 Å². The lowest BCUT2D eigenvalue weighted by molar-refractivity contribution is 0.527. The van der Waals surface area contributed by atoms with Crippen LogP contribution >= 0.6 is 11.3 Å². The highest BCUT2D eigenvalue weighted by Gasteiger charge is 2.25. The fraction of sp³-hybridized carbons (Fsp3) is 0.200. The van der Waals surface area contributed by atoms with Gasteiger partial charge in [0.2, 0.25) is 0 Å². The van der Waals surface area contributed by atoms with Gasteiger partial charge in [0, 0.05) is 45.3 Å². The third kappa shape index (κ3) is 3.22. The predicted molar refractivity (Wildman–Crippen MR) is 144 cm³/mol. The molecular weight excluding hydrogens is 422 g/mol. The van der Waals surface area contributed by atoms with E-state index in [1.54, 1.807) is 0 Å². The number of fused-ring (bicyclic) bond motifs is 6. The van der Waals surface area contributed by atoms with Crippen molar-refractivity contribution in [3.8, 4) is 0 Å². The van der Waals surface area contributed by atoms with Crippen LogP contribution in [0.2, 0.25) is 0 Å². The summed E-state index contributed by atoms with van der Waals surface area (Å²) in [4.78, 5) is 2.15. The van der Waals surface area contributed by atoms with E-state index in [0.29, 0.717) is 0 Å². The second-order valence-electron chi connectivity index (χ2n) is 9.82. The zero-order valence-corrected chi connectivity index (χ0v) is 20.3. The van der Waals surface area contributed by atoms with E-state index < -0.39 is 0 Å². The summed E-state index contributed by atoms with van der Waals surface area (Å²) in [5.41, 5.74) is 5.82. The summed E-state index contributed by atoms with van der Waals surface area (Å²) < 4.78 is 9.05. The van der Waals surface area contributed by atoms with Gasteiger partial charge >= 0.3 is 0 Å². The zero-order valence-electron chi connectivity index (χ0n) is 19.5. The molecule has 0 aliphatic carbocycles. The van der Waals surface area contributed by atoms with E-state index in [2.05, 4.69) is 112 Å². The highest BCUT2D eigenvalue weighted by atomic mass is 32.1. The SMILES string of the molecule is CN(C)c1cccc2oc3cc(CC(C)(C)c4cccc5c4sc4ccccc45)ccc3c12. The number of thiophene rings is 1. The molecule has 6 rings (SSSR count). The molecule has 0 aliphatic rings. The van der Waals surface area contributed by atoms with Gasteiger partial charge in [-0.05, 0) is 47.2 Å². The lowest BCUT2D eigenvalue weighted by Gasteiger charge is -2.26. The van der Waals surface area contributed by atoms with Crippen LogP contribution in [0.1, 0.15) is 25.0 Å². The first-order valence-electron chi connectivity index (χ1n) is 11.4. The molecule has 6 aromatic rings. The van der Waals surface area contributed by atoms with Gasteiger partial charge in [-0.2, -0.15) is 0 Å². The molecule has 0 bridgehead atoms. The summed E-state index contributed by atoms with van der Waals surface area (Å²) in [6.07, 6.45) is 0.952. The molecule has 164 valence electrons. The Hall–Kier alpha value is -3.30. The average molecular weight is 450 g/mol. The Balaban J connectivity index is 1.44. The van der Waals surface area contributed by atoms with E-state index in [0.717, 1.165) is 17.6 Å². The van der Waals surface area contributed by atoms with Crippen molar-refractivity contribution >= 4 is 59.1 Å². The molecule has 33 heavy (non-hydrogen) atoms. The van der Waals surface area contributed by atoms with Crippen molar-refractivity contribution in [1.82, 2.24) is 0 Å². The molecule has 2 heterocycles. The molecule has 0 amide bonds. The number of benzene rings is 4. The number of anilines is 1. The Morgan fingerprint density at radius 3 is 2.42 bits per heavy atom. The molecule has 0 atom stereocenters. The van der Waals surface area contributed by atoms with Crippen molar-refractivity contribution in [2.24, 2.45) is 0 Å². The van der Waals surface area contributed by atoms with Crippen LogP contribution in [0, 0.1) is 0 Å². The van der Waals surface area contributed by atoms with Crippen molar-refractivity contribution in [2.45, 2.75) is 25.7 Å². The Kier molecular flexibility index (Phi) is 4.53. The summed E-state index contributed by atoms with van der Waals surface area (Å²) in [6, 6.07) is 28.5. The standard InChI is InChI=1S/C30H27NOS/c1-30(2,23-11-7-10-21-20-9-5-6-14-27(20)33-29(21)23)18-19-15-16-22-26(17-19)32-25-13-8-12-24(28(22)25)31(3)4/h5-17H,18H2,1-4H3. The molecule has 0 unspecified atom stereocenters. The summed E-state index contributed by atoms with van der Waals surface area (Å²) in [6.45, 7) is 4.72. The second kappa shape index (κ2) is 7.36. The summed E-state index contributed by atoms with van der Waals surface area (Å²) >= 11 is 1.91. The number of rotatable bonds is 4. The summed E-state index contributed by atoms with van der Waals surface area (Å²) in [5.74, 6) is 0. The molecule has 0 radical (unpaired) electrons. The first kappa shape index (κ1) is 20.3. The van der Waals surface area contributed by atoms with Crippen molar-refractivity contribution in [3.63, 3.8) is 0 Å². The van der Waals surface area contributed by atoms with Gasteiger partial charge in [0.25, 0.3) is 0 Å². The third-order valence-corrected chi connectivity index (χ3v) is 8.02. The molecule has 0 fully saturated rings. The van der Waals surface area contributed by atoms with Crippen LogP contribution in [0.5, 0.6) is 0 Å². The van der Waals surface area contributed by atoms with Gasteiger partial charge in [0.15, 0.2) is 0 Å². The van der Waals surface area contributed by atoms with Crippen molar-refractivity contribution in [2.75, 3.05) is 19.0 Å². The molecule has 0 aliphatic heterocycles. The molecule has 2 nitrogen and oxygen atoms in total. The fourth-order valence-electron chi connectivity index (χ4n) is 5.22. The van der Waals surface area contributed by atoms with Crippen LogP contribution in [-0.2, 0) is 11.8 Å². The van der Waals surface area contributed by atoms with Gasteiger partial charge in [-0.15, -0.1) is 11.3 Å². The normalized spacial score (nSPS) is 12.4. The Bertz CT molecular complexity index is 1650. The molecule has 0 saturated heterocycles. The number of hydrogen-bond donors (Lipinski definition) is 0. The highest BCUT2D eigenvalue weighted by Crippen LogP contribution is 2.42. The number of furan rings is 1. The first-order valence-corrected chi connectivity index (χ1v) is 12.3. The minimum absolute atomic E-state index is 0.00508. The first-order chi connectivity index (χ1) is 15.9. The maximum atomic E-state index is 6.29. The van der Waals surface area contributed by atoms with Gasteiger partial charge in [0.05, 0.1) is 5.39 Å². The number of nitrogens with zero attached hydrogens (tertiary/aromatic N) is 1. The van der Waals surface area contributed by atoms with Crippen LogP contribution in [0.15, 0.2) is 83.3 Å². The molecule has 4 aromatic carbocycles. The smallest absolute Gasteiger partial charge is 0.137 e. The summed E-state index contributed by atoms with van der Waals surface area (Å²) in [5, 5.41) is 5.10. The highest BCUT2D eigenvalue weighted by molar-refractivity contribution is 7.26. The van der Waals surface area contributed by atoms with Crippen molar-refractivity contribution in [3.05, 3.63) is 90.0 Å². The van der Waals surface area contributed by atoms with E-state index in [9.17, 15) is 0 Å². The van der Waals surface area contributed by atoms with Gasteiger partial charge in [-0.1, -0.05) is 68.4 Å². The number of hydrogen-bond acceptors (Lipinski definition) is 3. The summed E-state index contributed by atoms with van der Waals surface area (Å²) in [7, 11) is 4.16. The predicted octanol–water partition coefficient (Wildman–Crippen LogP) is 8.54. The van der Waals surface area contributed by atoms with E-state index >= 15 is 0 Å². The second-order valence-corrected chi connectivity index (χ2v) is 10.9. The molecule has 3 heteroatoms. The maximum Gasteiger partial charge on any atom is 0.137 e. The maximum absolute atomic E-state index is 6.29. The van der Waals surface area contributed by atoms with E-state index in [1.807, 2.05) is 11.3 Å². The molecular formula is C30H27NOS. The van der Waals surface area contributed by atoms with E-state index in [1.165, 1.54) is 47.8 Å².